The molecule has 23 rings (SSSR count). The number of hydrogen-bond donors (Lipinski definition) is 11. The molecule has 0 atom stereocenters. The topological polar surface area (TPSA) is 598 Å². The number of fused-ring (bicyclic) bond motifs is 8. The van der Waals surface area contributed by atoms with Crippen molar-refractivity contribution in [3.8, 4) is 90.6 Å². The van der Waals surface area contributed by atoms with Crippen LogP contribution in [0.5, 0.6) is 0 Å². The number of nitrogens with zero attached hydrogens (tertiary/aromatic N) is 27. The number of imidazole rings is 4. The number of anilines is 3. The van der Waals surface area contributed by atoms with Crippen molar-refractivity contribution in [1.29, 1.82) is 0 Å². The smallest absolute Gasteiger partial charge is 0.321 e. The second-order valence-electron chi connectivity index (χ2n) is 35.6. The number of aromatic nitrogens is 28. The summed E-state index contributed by atoms with van der Waals surface area (Å²) in [6.45, 7) is 10.8. The van der Waals surface area contributed by atoms with Gasteiger partial charge >= 0.3 is 12.1 Å². The summed E-state index contributed by atoms with van der Waals surface area (Å²) in [5.74, 6) is 1.53. The predicted octanol–water partition coefficient (Wildman–Crippen LogP) is 10.9. The van der Waals surface area contributed by atoms with Crippen LogP contribution in [0.15, 0.2) is 172 Å². The summed E-state index contributed by atoms with van der Waals surface area (Å²) in [7, 11) is 12.1. The molecule has 0 unspecified atom stereocenters. The number of amides is 9. The Morgan fingerprint density at radius 1 is 0.345 bits per heavy atom. The number of morpholine rings is 2. The molecule has 20 aromatic rings. The largest absolute Gasteiger partial charge is 0.378 e. The van der Waals surface area contributed by atoms with Gasteiger partial charge in [0.05, 0.1) is 153 Å². The fourth-order valence-electron chi connectivity index (χ4n) is 16.9. The third-order valence-electron chi connectivity index (χ3n) is 24.9. The van der Waals surface area contributed by atoms with E-state index in [0.717, 1.165) is 84.8 Å². The molecule has 3 saturated heterocycles. The highest BCUT2D eigenvalue weighted by molar-refractivity contribution is 6.10. The number of carbonyl (C=O) groups is 8. The number of ether oxygens (including phenoxy) is 2. The molecule has 0 bridgehead atoms. The minimum Gasteiger partial charge on any atom is -0.378 e. The lowest BCUT2D eigenvalue weighted by molar-refractivity contribution is -0.118. The number of aromatic amines is 8. The van der Waals surface area contributed by atoms with E-state index in [1.165, 1.54) is 27.1 Å². The molecule has 0 aromatic carbocycles. The van der Waals surface area contributed by atoms with Crippen LogP contribution < -0.4 is 16.0 Å². The van der Waals surface area contributed by atoms with Gasteiger partial charge in [-0.3, -0.25) is 89.0 Å². The molecule has 48 heteroatoms. The molecule has 0 saturated carbocycles. The number of rotatable bonds is 19. The molecular weight excluding hydrogens is 1890 g/mol. The highest BCUT2D eigenvalue weighted by Crippen LogP contribution is 2.38. The molecule has 3 aliphatic rings. The van der Waals surface area contributed by atoms with E-state index in [-0.39, 0.29) is 47.4 Å². The van der Waals surface area contributed by atoms with Gasteiger partial charge in [-0.05, 0) is 55.6 Å². The number of ketones is 1. The van der Waals surface area contributed by atoms with Gasteiger partial charge in [0.1, 0.15) is 50.6 Å². The number of hydrogen-bond acceptors (Lipinski definition) is 31. The predicted molar refractivity (Wildman–Crippen MR) is 548 cm³/mol. The summed E-state index contributed by atoms with van der Waals surface area (Å²) in [4.78, 5) is 196. The fraction of sp³-hybridized carbons (Fsp3) is 0.240. The molecule has 3 fully saturated rings. The van der Waals surface area contributed by atoms with E-state index in [0.29, 0.717) is 237 Å². The second-order valence-corrected chi connectivity index (χ2v) is 35.6. The van der Waals surface area contributed by atoms with E-state index in [1.807, 2.05) is 61.5 Å². The average Bonchev–Trinajstić information content (AvgIpc) is 1.63. The number of pyridine rings is 12. The summed E-state index contributed by atoms with van der Waals surface area (Å²) in [6.07, 6.45) is 32.4. The van der Waals surface area contributed by atoms with Gasteiger partial charge in [0, 0.05) is 238 Å². The quantitative estimate of drug-likeness (QED) is 0.0358. The van der Waals surface area contributed by atoms with Crippen molar-refractivity contribution in [3.05, 3.63) is 200 Å². The van der Waals surface area contributed by atoms with Crippen molar-refractivity contribution in [3.63, 3.8) is 0 Å². The molecule has 48 nitrogen and oxygen atoms in total. The lowest BCUT2D eigenvalue weighted by Gasteiger charge is -2.32. The van der Waals surface area contributed by atoms with Crippen molar-refractivity contribution in [2.45, 2.75) is 33.1 Å². The number of Topliss-reactive ketones (excluding diaryl/α,β-unsaturated/α-hetero) is 1. The van der Waals surface area contributed by atoms with E-state index in [4.69, 9.17) is 19.4 Å². The van der Waals surface area contributed by atoms with Crippen molar-refractivity contribution in [2.75, 3.05) is 144 Å². The van der Waals surface area contributed by atoms with Gasteiger partial charge in [0.15, 0.2) is 45.9 Å². The summed E-state index contributed by atoms with van der Waals surface area (Å²) in [5, 5.41) is 40.9. The highest BCUT2D eigenvalue weighted by Gasteiger charge is 2.30. The van der Waals surface area contributed by atoms with Gasteiger partial charge < -0.3 is 79.7 Å². The number of nitrogens with one attached hydrogen (secondary N) is 11. The standard InChI is InChI=1S/C28H29N11O3.C25H24N10O3.C24H22N8O2.C23H21N9O2/c1-37-2-4-39(5-3-37)28(41)32-19-10-17(12-29-14-19)18-11-20-24(35-36-25(20)31-13-18)26-33-22-16-30-15-21(23(22)34-26)27(40)38-6-8-42-9-7-38;1-34(2)25(37)29-16-7-14(9-26-11-16)15-8-17-21(32-33-22(17)28-10-15)23-30-19-13-27-12-18(20(19)31-23)24(36)35-3-5-38-6-4-35;1-4-16(33)8-15-6-5-13(9-26-15)14-7-17-21(30-31-22(17)27-10-14)23-28-19-12-25-11-18(20(19)29-23)24(34)32(2)3;1-4-18(33)27-14-5-12(7-24-9-14)13-6-15-20(30-31-21(15)26-8-13)22-28-17-11-25-10-16(19(17)29-22)23(34)32(2)3/h10-16H,2-9H2,1H3,(H,32,41)(H,33,34)(H,31,35,36);7-13H,3-6H2,1-2H3,(H,29,37)(H,30,31)(H,28,32,33);5-7,9-12H,4,8H2,1-3H3,(H,28,29)(H,27,30,31);5-11H,4H2,1-3H3,(H,27,33)(H,28,29)(H,26,30,31). The third-order valence-corrected chi connectivity index (χ3v) is 24.9. The molecule has 23 heterocycles. The molecular formula is C100H96N38O10. The minimum absolute atomic E-state index is 0.0869. The monoisotopic (exact) mass is 1990 g/mol. The molecule has 0 aliphatic carbocycles. The van der Waals surface area contributed by atoms with Gasteiger partial charge in [0.2, 0.25) is 5.91 Å². The second kappa shape index (κ2) is 41.9. The first-order valence-electron chi connectivity index (χ1n) is 47.2. The van der Waals surface area contributed by atoms with E-state index in [1.54, 1.807) is 169 Å². The lowest BCUT2D eigenvalue weighted by Crippen LogP contribution is -2.48. The van der Waals surface area contributed by atoms with Gasteiger partial charge in [-0.2, -0.15) is 20.4 Å². The molecule has 3 aliphatic heterocycles. The van der Waals surface area contributed by atoms with Crippen molar-refractivity contribution >= 4 is 153 Å². The number of urea groups is 2. The van der Waals surface area contributed by atoms with Crippen LogP contribution in [-0.2, 0) is 25.5 Å². The van der Waals surface area contributed by atoms with Gasteiger partial charge in [-0.15, -0.1) is 0 Å². The lowest BCUT2D eigenvalue weighted by atomic mass is 10.1. The normalized spacial score (nSPS) is 13.3. The van der Waals surface area contributed by atoms with Gasteiger partial charge in [-0.1, -0.05) is 19.9 Å². The first-order valence-corrected chi connectivity index (χ1v) is 47.2. The van der Waals surface area contributed by atoms with Crippen LogP contribution in [0.4, 0.5) is 26.7 Å². The Balaban J connectivity index is 0.000000120. The van der Waals surface area contributed by atoms with Crippen LogP contribution in [0, 0.1) is 0 Å². The molecule has 0 spiro atoms. The van der Waals surface area contributed by atoms with E-state index in [2.05, 4.69) is 158 Å². The molecule has 746 valence electrons. The third kappa shape index (κ3) is 20.3. The number of piperazine rings is 1. The zero-order valence-electron chi connectivity index (χ0n) is 81.4. The van der Waals surface area contributed by atoms with Crippen molar-refractivity contribution in [1.82, 2.24) is 175 Å². The Labute approximate surface area is 839 Å². The fourth-order valence-corrected chi connectivity index (χ4v) is 16.9. The molecule has 9 amide bonds. The Morgan fingerprint density at radius 2 is 0.682 bits per heavy atom. The van der Waals surface area contributed by atoms with Crippen LogP contribution in [-0.4, -0.2) is 350 Å². The number of H-pyrrole nitrogens is 8. The molecule has 0 radical (unpaired) electrons. The zero-order chi connectivity index (χ0) is 102. The van der Waals surface area contributed by atoms with Crippen LogP contribution in [0.25, 0.3) is 179 Å². The minimum atomic E-state index is -0.250. The zero-order valence-corrected chi connectivity index (χ0v) is 81.4. The summed E-state index contributed by atoms with van der Waals surface area (Å²) in [6, 6.07) is 16.7. The maximum atomic E-state index is 13.2. The molecule has 20 aromatic heterocycles. The summed E-state index contributed by atoms with van der Waals surface area (Å²) >= 11 is 0. The van der Waals surface area contributed by atoms with E-state index < -0.39 is 0 Å². The average molecular weight is 1990 g/mol. The Hall–Kier alpha value is -19.0. The Morgan fingerprint density at radius 3 is 1.03 bits per heavy atom. The van der Waals surface area contributed by atoms with Gasteiger partial charge in [-0.25, -0.2) is 49.5 Å². The maximum Gasteiger partial charge on any atom is 0.321 e. The SMILES string of the molecule is CCC(=O)Cc1ccc(-c2cnc3n[nH]c(-c4nc5c(C(=O)N(C)C)cncc5[nH]4)c3c2)cn1.CCC(=O)Nc1cncc(-c2cnc3n[nH]c(-c4nc5c(C(=O)N(C)C)cncc5[nH]4)c3c2)c1.CN(C)C(=O)Nc1cncc(-c2cnc3n[nH]c(-c4nc5c(C(=O)N6CCOCC6)cncc5[nH]4)c3c2)c1.CN1CCN(C(=O)Nc2cncc(-c3cnc4n[nH]c(-c5nc6c(C(=O)N7CCOCC7)cncc6[nH]5)c4c3)c2)CC1. The molecule has 148 heavy (non-hydrogen) atoms. The number of carbonyl (C=O) groups excluding carboxylic acids is 8. The molecule has 11 N–H and O–H groups in total. The summed E-state index contributed by atoms with van der Waals surface area (Å²) < 4.78 is 10.8. The highest BCUT2D eigenvalue weighted by atomic mass is 16.5. The van der Waals surface area contributed by atoms with E-state index in [9.17, 15) is 38.4 Å². The van der Waals surface area contributed by atoms with Gasteiger partial charge in [0.25, 0.3) is 23.6 Å². The van der Waals surface area contributed by atoms with E-state index >= 15 is 0 Å². The first-order chi connectivity index (χ1) is 71.9. The van der Waals surface area contributed by atoms with Crippen molar-refractivity contribution < 1.29 is 47.8 Å². The van der Waals surface area contributed by atoms with Crippen molar-refractivity contribution in [2.24, 2.45) is 0 Å². The number of likely N-dealkylation sites (N-methyl/N-ethyl adjacent to an activating group) is 1. The van der Waals surface area contributed by atoms with Crippen LogP contribution >= 0.6 is 0 Å². The van der Waals surface area contributed by atoms with Crippen LogP contribution in [0.3, 0.4) is 0 Å². The van der Waals surface area contributed by atoms with Crippen LogP contribution in [0.2, 0.25) is 0 Å². The summed E-state index contributed by atoms with van der Waals surface area (Å²) in [5.41, 5.74) is 20.0. The Bertz CT molecular complexity index is 8490. The van der Waals surface area contributed by atoms with Crippen LogP contribution in [0.1, 0.15) is 73.8 Å². The Kier molecular flexibility index (Phi) is 27.3. The first kappa shape index (κ1) is 96.5. The maximum absolute atomic E-state index is 13.2.